The van der Waals surface area contributed by atoms with Crippen LogP contribution >= 0.6 is 23.1 Å². The van der Waals surface area contributed by atoms with Gasteiger partial charge in [-0.15, -0.1) is 23.1 Å². The molecule has 0 saturated carbocycles. The minimum Gasteiger partial charge on any atom is -0.353 e. The van der Waals surface area contributed by atoms with E-state index in [0.29, 0.717) is 18.8 Å². The highest BCUT2D eigenvalue weighted by Crippen LogP contribution is 2.17. The van der Waals surface area contributed by atoms with Crippen LogP contribution in [0, 0.1) is 0 Å². The lowest BCUT2D eigenvalue weighted by atomic mass is 10.3. The molecule has 6 heteroatoms. The maximum Gasteiger partial charge on any atom is 0.239 e. The summed E-state index contributed by atoms with van der Waals surface area (Å²) in [6.07, 6.45) is 0. The minimum atomic E-state index is -0.0622. The molecule has 2 heterocycles. The van der Waals surface area contributed by atoms with Gasteiger partial charge in [0.05, 0.1) is 12.3 Å². The number of thioether (sulfide) groups is 1. The van der Waals surface area contributed by atoms with Gasteiger partial charge in [-0.05, 0) is 11.4 Å². The lowest BCUT2D eigenvalue weighted by Crippen LogP contribution is -2.50. The summed E-state index contributed by atoms with van der Waals surface area (Å²) in [5.41, 5.74) is 0. The quantitative estimate of drug-likeness (QED) is 0.886. The number of hydrogen-bond donors (Lipinski definition) is 1. The van der Waals surface area contributed by atoms with E-state index in [4.69, 9.17) is 0 Å². The predicted molar refractivity (Wildman–Crippen MR) is 70.1 cm³/mol. The van der Waals surface area contributed by atoms with Gasteiger partial charge in [-0.2, -0.15) is 0 Å². The highest BCUT2D eigenvalue weighted by Gasteiger charge is 2.20. The van der Waals surface area contributed by atoms with Crippen molar-refractivity contribution in [3.63, 3.8) is 0 Å². The molecule has 0 radical (unpaired) electrons. The molecule has 0 bridgehead atoms. The van der Waals surface area contributed by atoms with Crippen LogP contribution in [0.3, 0.4) is 0 Å². The van der Waals surface area contributed by atoms with Crippen LogP contribution in [0.5, 0.6) is 0 Å². The first-order chi connectivity index (χ1) is 8.25. The summed E-state index contributed by atoms with van der Waals surface area (Å²) in [6, 6.07) is 4.08. The van der Waals surface area contributed by atoms with Crippen LogP contribution in [0.4, 0.5) is 0 Å². The summed E-state index contributed by atoms with van der Waals surface area (Å²) >= 11 is 3.30. The molecule has 17 heavy (non-hydrogen) atoms. The number of hydrogen-bond acceptors (Lipinski definition) is 4. The molecule has 1 N–H and O–H groups in total. The van der Waals surface area contributed by atoms with Crippen LogP contribution in [0.15, 0.2) is 17.5 Å². The molecule has 0 aromatic carbocycles. The van der Waals surface area contributed by atoms with E-state index in [1.807, 2.05) is 11.4 Å². The van der Waals surface area contributed by atoms with Gasteiger partial charge >= 0.3 is 0 Å². The van der Waals surface area contributed by atoms with Crippen molar-refractivity contribution in [1.29, 1.82) is 0 Å². The van der Waals surface area contributed by atoms with Gasteiger partial charge in [-0.3, -0.25) is 9.59 Å². The summed E-state index contributed by atoms with van der Waals surface area (Å²) in [6.45, 7) is 1.41. The van der Waals surface area contributed by atoms with Crippen molar-refractivity contribution in [1.82, 2.24) is 10.2 Å². The van der Waals surface area contributed by atoms with E-state index in [0.717, 1.165) is 5.75 Å². The van der Waals surface area contributed by atoms with E-state index in [1.54, 1.807) is 28.0 Å². The van der Waals surface area contributed by atoms with Crippen molar-refractivity contribution in [3.05, 3.63) is 22.4 Å². The van der Waals surface area contributed by atoms with Crippen molar-refractivity contribution >= 4 is 34.9 Å². The molecule has 2 rings (SSSR count). The molecule has 1 fully saturated rings. The van der Waals surface area contributed by atoms with E-state index in [-0.39, 0.29) is 18.4 Å². The molecule has 92 valence electrons. The monoisotopic (exact) mass is 270 g/mol. The smallest absolute Gasteiger partial charge is 0.239 e. The molecule has 1 aliphatic rings. The number of thiophene rings is 1. The van der Waals surface area contributed by atoms with Gasteiger partial charge in [0.1, 0.15) is 0 Å². The second-order valence-electron chi connectivity index (χ2n) is 3.74. The topological polar surface area (TPSA) is 49.4 Å². The Kier molecular flexibility index (Phi) is 4.44. The first-order valence-corrected chi connectivity index (χ1v) is 7.44. The second kappa shape index (κ2) is 6.07. The number of nitrogens with one attached hydrogen (secondary N) is 1. The summed E-state index contributed by atoms with van der Waals surface area (Å²) in [5, 5.41) is 4.74. The molecule has 4 nitrogen and oxygen atoms in total. The second-order valence-corrected chi connectivity index (χ2v) is 5.76. The maximum absolute atomic E-state index is 11.8. The number of amides is 2. The Balaban J connectivity index is 1.71. The molecule has 1 saturated heterocycles. The van der Waals surface area contributed by atoms with Gasteiger partial charge in [0.15, 0.2) is 0 Å². The lowest BCUT2D eigenvalue weighted by Gasteiger charge is -2.26. The van der Waals surface area contributed by atoms with E-state index in [2.05, 4.69) is 11.4 Å². The molecule has 1 aromatic heterocycles. The Morgan fingerprint density at radius 1 is 1.59 bits per heavy atom. The van der Waals surface area contributed by atoms with Crippen LogP contribution in [0.1, 0.15) is 4.88 Å². The number of carbonyl (C=O) groups excluding carboxylic acids is 2. The first kappa shape index (κ1) is 12.4. The van der Waals surface area contributed by atoms with Crippen molar-refractivity contribution in [2.24, 2.45) is 0 Å². The van der Waals surface area contributed by atoms with Crippen LogP contribution in [-0.2, 0) is 15.3 Å². The zero-order chi connectivity index (χ0) is 12.1. The first-order valence-electron chi connectivity index (χ1n) is 5.40. The van der Waals surface area contributed by atoms with Crippen LogP contribution in [0.2, 0.25) is 0 Å². The zero-order valence-electron chi connectivity index (χ0n) is 9.35. The molecule has 0 spiro atoms. The molecule has 0 atom stereocenters. The molecule has 0 unspecified atom stereocenters. The molecular formula is C11H14N2O2S2. The Bertz CT molecular complexity index is 392. The van der Waals surface area contributed by atoms with Gasteiger partial charge in [-0.25, -0.2) is 0 Å². The predicted octanol–water partition coefficient (Wildman–Crippen LogP) is 0.940. The molecule has 2 amide bonds. The van der Waals surface area contributed by atoms with Gasteiger partial charge in [-0.1, -0.05) is 6.07 Å². The minimum absolute atomic E-state index is 0.0569. The third-order valence-corrected chi connectivity index (χ3v) is 4.47. The van der Waals surface area contributed by atoms with Gasteiger partial charge < -0.3 is 10.2 Å². The third kappa shape index (κ3) is 3.74. The van der Waals surface area contributed by atoms with Gasteiger partial charge in [0.2, 0.25) is 11.8 Å². The maximum atomic E-state index is 11.8. The molecule has 1 aliphatic heterocycles. The van der Waals surface area contributed by atoms with E-state index < -0.39 is 0 Å². The Hall–Kier alpha value is -1.01. The summed E-state index contributed by atoms with van der Waals surface area (Å²) in [4.78, 5) is 25.8. The fourth-order valence-electron chi connectivity index (χ4n) is 1.58. The molecule has 1 aromatic rings. The highest BCUT2D eigenvalue weighted by atomic mass is 32.2. The zero-order valence-corrected chi connectivity index (χ0v) is 11.0. The summed E-state index contributed by atoms with van der Waals surface area (Å²) < 4.78 is 0. The van der Waals surface area contributed by atoms with Crippen LogP contribution in [-0.4, -0.2) is 42.1 Å². The number of rotatable bonds is 4. The Labute approximate surface area is 108 Å². The standard InChI is InChI=1S/C11H14N2O2S2/c14-10-6-13(4-3-12-10)11(15)8-16-7-9-2-1-5-17-9/h1-2,5H,3-4,6-8H2,(H,12,14). The summed E-state index contributed by atoms with van der Waals surface area (Å²) in [5.74, 6) is 1.31. The average molecular weight is 270 g/mol. The van der Waals surface area contributed by atoms with Crippen LogP contribution in [0.25, 0.3) is 0 Å². The van der Waals surface area contributed by atoms with E-state index in [1.165, 1.54) is 4.88 Å². The number of nitrogens with zero attached hydrogens (tertiary/aromatic N) is 1. The lowest BCUT2D eigenvalue weighted by molar-refractivity contribution is -0.136. The van der Waals surface area contributed by atoms with Crippen molar-refractivity contribution < 1.29 is 9.59 Å². The summed E-state index contributed by atoms with van der Waals surface area (Å²) in [7, 11) is 0. The van der Waals surface area contributed by atoms with Crippen LogP contribution < -0.4 is 5.32 Å². The largest absolute Gasteiger partial charge is 0.353 e. The third-order valence-electron chi connectivity index (χ3n) is 2.44. The highest BCUT2D eigenvalue weighted by molar-refractivity contribution is 7.99. The normalized spacial score (nSPS) is 15.8. The fourth-order valence-corrected chi connectivity index (χ4v) is 3.34. The SMILES string of the molecule is O=C1CN(C(=O)CSCc2cccs2)CCN1. The fraction of sp³-hybridized carbons (Fsp3) is 0.455. The Morgan fingerprint density at radius 3 is 3.18 bits per heavy atom. The molecule has 0 aliphatic carbocycles. The average Bonchev–Trinajstić information content (AvgIpc) is 2.82. The van der Waals surface area contributed by atoms with E-state index in [9.17, 15) is 9.59 Å². The van der Waals surface area contributed by atoms with Crippen molar-refractivity contribution in [2.45, 2.75) is 5.75 Å². The van der Waals surface area contributed by atoms with Gasteiger partial charge in [0.25, 0.3) is 0 Å². The van der Waals surface area contributed by atoms with Crippen molar-refractivity contribution in [3.8, 4) is 0 Å². The van der Waals surface area contributed by atoms with E-state index >= 15 is 0 Å². The van der Waals surface area contributed by atoms with Gasteiger partial charge in [0, 0.05) is 23.7 Å². The molecular weight excluding hydrogens is 256 g/mol. The van der Waals surface area contributed by atoms with Crippen molar-refractivity contribution in [2.75, 3.05) is 25.4 Å². The number of piperazine rings is 1. The Morgan fingerprint density at radius 2 is 2.47 bits per heavy atom. The number of carbonyl (C=O) groups is 2.